The Hall–Kier alpha value is -3.28. The van der Waals surface area contributed by atoms with Crippen molar-refractivity contribution in [3.8, 4) is 0 Å². The van der Waals surface area contributed by atoms with Crippen molar-refractivity contribution in [1.82, 2.24) is 5.32 Å². The molecule has 3 nitrogen and oxygen atoms in total. The average molecular weight is 442 g/mol. The summed E-state index contributed by atoms with van der Waals surface area (Å²) >= 11 is 6.46. The SMILES string of the molecule is O=C1NC(=S)SC1=C(C=C(CC(=O)c1ccccc1)c1ccccc1)c1ccccc1. The predicted molar refractivity (Wildman–Crippen MR) is 132 cm³/mol. The molecule has 4 rings (SSSR count). The molecular formula is C26H19NO2S2. The molecule has 1 amide bonds. The van der Waals surface area contributed by atoms with Gasteiger partial charge >= 0.3 is 0 Å². The smallest absolute Gasteiger partial charge is 0.264 e. The van der Waals surface area contributed by atoms with E-state index in [4.69, 9.17) is 12.2 Å². The second-order valence-electron chi connectivity index (χ2n) is 6.95. The fraction of sp³-hybridized carbons (Fsp3) is 0.0385. The maximum absolute atomic E-state index is 13.0. The molecule has 1 aliphatic heterocycles. The molecule has 1 aliphatic rings. The van der Waals surface area contributed by atoms with E-state index in [1.165, 1.54) is 11.8 Å². The van der Waals surface area contributed by atoms with Gasteiger partial charge in [-0.15, -0.1) is 0 Å². The van der Waals surface area contributed by atoms with Crippen molar-refractivity contribution < 1.29 is 9.59 Å². The van der Waals surface area contributed by atoms with Crippen LogP contribution in [0.3, 0.4) is 0 Å². The molecule has 5 heteroatoms. The Morgan fingerprint density at radius 1 is 0.806 bits per heavy atom. The molecule has 1 saturated heterocycles. The standard InChI is InChI=1S/C26H19NO2S2/c28-23(20-14-8-3-9-15-20)17-21(18-10-4-1-5-11-18)16-22(19-12-6-2-7-13-19)24-25(29)27-26(30)31-24/h1-16H,17H2,(H,27,29,30). The third kappa shape index (κ3) is 5.08. The first-order valence-corrected chi connectivity index (χ1v) is 11.0. The van der Waals surface area contributed by atoms with Crippen LogP contribution in [0.15, 0.2) is 102 Å². The first-order chi connectivity index (χ1) is 15.1. The first-order valence-electron chi connectivity index (χ1n) is 9.79. The van der Waals surface area contributed by atoms with E-state index in [1.807, 2.05) is 97.1 Å². The normalized spacial score (nSPS) is 15.5. The Morgan fingerprint density at radius 2 is 1.32 bits per heavy atom. The van der Waals surface area contributed by atoms with Crippen LogP contribution in [0.1, 0.15) is 27.9 Å². The van der Waals surface area contributed by atoms with Gasteiger partial charge in [-0.3, -0.25) is 9.59 Å². The van der Waals surface area contributed by atoms with Crippen LogP contribution in [0.2, 0.25) is 0 Å². The number of ketones is 1. The number of thiocarbonyl (C=S) groups is 1. The molecule has 1 N–H and O–H groups in total. The van der Waals surface area contributed by atoms with Crippen molar-refractivity contribution in [2.24, 2.45) is 0 Å². The van der Waals surface area contributed by atoms with Crippen LogP contribution < -0.4 is 5.32 Å². The van der Waals surface area contributed by atoms with Gasteiger partial charge in [0.1, 0.15) is 4.32 Å². The molecule has 31 heavy (non-hydrogen) atoms. The van der Waals surface area contributed by atoms with E-state index in [2.05, 4.69) is 5.32 Å². The number of thioether (sulfide) groups is 1. The monoisotopic (exact) mass is 441 g/mol. The van der Waals surface area contributed by atoms with E-state index >= 15 is 0 Å². The van der Waals surface area contributed by atoms with Crippen LogP contribution in [0.5, 0.6) is 0 Å². The van der Waals surface area contributed by atoms with Crippen LogP contribution in [0.4, 0.5) is 0 Å². The number of amides is 1. The molecule has 0 radical (unpaired) electrons. The van der Waals surface area contributed by atoms with E-state index < -0.39 is 0 Å². The second kappa shape index (κ2) is 9.69. The summed E-state index contributed by atoms with van der Waals surface area (Å²) in [5.74, 6) is -0.195. The largest absolute Gasteiger partial charge is 0.307 e. The summed E-state index contributed by atoms with van der Waals surface area (Å²) in [5, 5.41) is 2.70. The zero-order valence-corrected chi connectivity index (χ0v) is 18.2. The van der Waals surface area contributed by atoms with Crippen LogP contribution in [0, 0.1) is 0 Å². The fourth-order valence-corrected chi connectivity index (χ4v) is 4.45. The molecule has 1 heterocycles. The number of rotatable bonds is 6. The van der Waals surface area contributed by atoms with E-state index in [-0.39, 0.29) is 18.1 Å². The number of benzene rings is 3. The maximum atomic E-state index is 13.0. The lowest BCUT2D eigenvalue weighted by Gasteiger charge is -2.12. The van der Waals surface area contributed by atoms with Crippen LogP contribution in [0.25, 0.3) is 11.1 Å². The van der Waals surface area contributed by atoms with Gasteiger partial charge in [0.2, 0.25) is 0 Å². The van der Waals surface area contributed by atoms with Crippen molar-refractivity contribution in [3.63, 3.8) is 0 Å². The molecule has 3 aromatic rings. The van der Waals surface area contributed by atoms with E-state index in [0.717, 1.165) is 22.3 Å². The van der Waals surface area contributed by atoms with Crippen molar-refractivity contribution in [2.75, 3.05) is 0 Å². The van der Waals surface area contributed by atoms with Crippen LogP contribution in [-0.2, 0) is 4.79 Å². The topological polar surface area (TPSA) is 46.2 Å². The Morgan fingerprint density at radius 3 is 1.84 bits per heavy atom. The summed E-state index contributed by atoms with van der Waals surface area (Å²) in [4.78, 5) is 26.1. The van der Waals surface area contributed by atoms with Gasteiger partial charge in [0.05, 0.1) is 4.91 Å². The predicted octanol–water partition coefficient (Wildman–Crippen LogP) is 5.90. The van der Waals surface area contributed by atoms with E-state index in [1.54, 1.807) is 0 Å². The minimum atomic E-state index is -0.216. The summed E-state index contributed by atoms with van der Waals surface area (Å²) < 4.78 is 0.434. The van der Waals surface area contributed by atoms with Crippen LogP contribution in [-0.4, -0.2) is 16.0 Å². The molecule has 0 aromatic heterocycles. The van der Waals surface area contributed by atoms with Crippen molar-refractivity contribution in [1.29, 1.82) is 0 Å². The van der Waals surface area contributed by atoms with Gasteiger partial charge in [0.25, 0.3) is 5.91 Å². The lowest BCUT2D eigenvalue weighted by Crippen LogP contribution is -2.18. The van der Waals surface area contributed by atoms with Crippen molar-refractivity contribution >= 4 is 51.1 Å². The summed E-state index contributed by atoms with van der Waals surface area (Å²) in [5.41, 5.74) is 4.08. The molecule has 0 saturated carbocycles. The third-order valence-electron chi connectivity index (χ3n) is 4.86. The molecule has 0 bridgehead atoms. The molecule has 1 fully saturated rings. The minimum absolute atomic E-state index is 0.0205. The Bertz CT molecular complexity index is 1180. The molecule has 0 spiro atoms. The van der Waals surface area contributed by atoms with Gasteiger partial charge < -0.3 is 5.32 Å². The van der Waals surface area contributed by atoms with E-state index in [9.17, 15) is 9.59 Å². The number of hydrogen-bond acceptors (Lipinski definition) is 4. The third-order valence-corrected chi connectivity index (χ3v) is 6.10. The minimum Gasteiger partial charge on any atom is -0.307 e. The Kier molecular flexibility index (Phi) is 6.55. The maximum Gasteiger partial charge on any atom is 0.264 e. The number of carbonyl (C=O) groups is 2. The first kappa shape index (κ1) is 21.0. The van der Waals surface area contributed by atoms with Gasteiger partial charge in [-0.05, 0) is 22.8 Å². The highest BCUT2D eigenvalue weighted by Gasteiger charge is 2.26. The zero-order valence-electron chi connectivity index (χ0n) is 16.6. The Labute approximate surface area is 190 Å². The fourth-order valence-electron chi connectivity index (χ4n) is 3.35. The number of nitrogens with one attached hydrogen (secondary N) is 1. The highest BCUT2D eigenvalue weighted by atomic mass is 32.2. The van der Waals surface area contributed by atoms with Crippen molar-refractivity contribution in [3.05, 3.63) is 119 Å². The molecule has 0 aliphatic carbocycles. The van der Waals surface area contributed by atoms with Crippen molar-refractivity contribution in [2.45, 2.75) is 6.42 Å². The average Bonchev–Trinajstić information content (AvgIpc) is 3.15. The van der Waals surface area contributed by atoms with E-state index in [0.29, 0.717) is 14.8 Å². The molecular weight excluding hydrogens is 422 g/mol. The highest BCUT2D eigenvalue weighted by Crippen LogP contribution is 2.35. The second-order valence-corrected chi connectivity index (χ2v) is 8.64. The van der Waals surface area contributed by atoms with Gasteiger partial charge in [0, 0.05) is 17.6 Å². The number of carbonyl (C=O) groups excluding carboxylic acids is 2. The lowest BCUT2D eigenvalue weighted by atomic mass is 9.93. The number of allylic oxidation sites excluding steroid dienone is 3. The van der Waals surface area contributed by atoms with Gasteiger partial charge in [-0.25, -0.2) is 0 Å². The summed E-state index contributed by atoms with van der Waals surface area (Å²) in [6, 6.07) is 28.7. The lowest BCUT2D eigenvalue weighted by molar-refractivity contribution is -0.115. The Balaban J connectivity index is 1.84. The number of hydrogen-bond donors (Lipinski definition) is 1. The zero-order chi connectivity index (χ0) is 21.6. The van der Waals surface area contributed by atoms with Gasteiger partial charge in [0.15, 0.2) is 5.78 Å². The quantitative estimate of drug-likeness (QED) is 0.294. The molecule has 0 unspecified atom stereocenters. The van der Waals surface area contributed by atoms with Gasteiger partial charge in [-0.1, -0.05) is 115 Å². The summed E-state index contributed by atoms with van der Waals surface area (Å²) in [6.45, 7) is 0. The van der Waals surface area contributed by atoms with Crippen LogP contribution >= 0.6 is 24.0 Å². The number of Topliss-reactive ketones (excluding diaryl/α,β-unsaturated/α-hetero) is 1. The summed E-state index contributed by atoms with van der Waals surface area (Å²) in [6.07, 6.45) is 2.16. The molecule has 3 aromatic carbocycles. The molecule has 152 valence electrons. The van der Waals surface area contributed by atoms with Gasteiger partial charge in [-0.2, -0.15) is 0 Å². The summed E-state index contributed by atoms with van der Waals surface area (Å²) in [7, 11) is 0. The molecule has 0 atom stereocenters. The highest BCUT2D eigenvalue weighted by molar-refractivity contribution is 8.26.